The van der Waals surface area contributed by atoms with E-state index in [9.17, 15) is 9.18 Å². The number of carbonyl (C=O) groups excluding carboxylic acids is 1. The largest absolute Gasteiger partial charge is 0.333 e. The Hall–Kier alpha value is -1.88. The van der Waals surface area contributed by atoms with E-state index >= 15 is 0 Å². The third kappa shape index (κ3) is 3.61. The predicted molar refractivity (Wildman–Crippen MR) is 81.5 cm³/mol. The van der Waals surface area contributed by atoms with Gasteiger partial charge in [-0.15, -0.1) is 11.3 Å². The molecule has 3 nitrogen and oxygen atoms in total. The van der Waals surface area contributed by atoms with E-state index in [0.29, 0.717) is 18.7 Å². The Morgan fingerprint density at radius 2 is 2.10 bits per heavy atom. The van der Waals surface area contributed by atoms with Crippen molar-refractivity contribution in [2.45, 2.75) is 32.0 Å². The molecule has 0 bridgehead atoms. The molecule has 1 aliphatic carbocycles. The summed E-state index contributed by atoms with van der Waals surface area (Å²) in [5, 5.41) is 4.91. The van der Waals surface area contributed by atoms with Crippen molar-refractivity contribution in [3.05, 3.63) is 58.0 Å². The summed E-state index contributed by atoms with van der Waals surface area (Å²) in [5.41, 5.74) is 0.565. The first-order valence-corrected chi connectivity index (χ1v) is 7.92. The topological polar surface area (TPSA) is 32.3 Å². The first kappa shape index (κ1) is 14.1. The summed E-state index contributed by atoms with van der Waals surface area (Å²) in [5.74, 6) is -0.255. The number of nitrogens with zero attached hydrogens (tertiary/aromatic N) is 1. The second-order valence-corrected chi connectivity index (χ2v) is 6.22. The number of carbonyl (C=O) groups is 1. The van der Waals surface area contributed by atoms with Crippen molar-refractivity contribution in [3.8, 4) is 0 Å². The molecule has 5 heteroatoms. The molecule has 0 spiro atoms. The van der Waals surface area contributed by atoms with Crippen LogP contribution in [0, 0.1) is 5.82 Å². The number of rotatable bonds is 5. The Morgan fingerprint density at radius 3 is 2.76 bits per heavy atom. The lowest BCUT2D eigenvalue weighted by molar-refractivity contribution is 0.191. The van der Waals surface area contributed by atoms with Gasteiger partial charge < -0.3 is 10.2 Å². The molecule has 21 heavy (non-hydrogen) atoms. The smallest absolute Gasteiger partial charge is 0.318 e. The van der Waals surface area contributed by atoms with E-state index in [2.05, 4.69) is 5.32 Å². The highest BCUT2D eigenvalue weighted by Crippen LogP contribution is 2.29. The van der Waals surface area contributed by atoms with Gasteiger partial charge in [0.05, 0.1) is 13.1 Å². The minimum atomic E-state index is -0.255. The van der Waals surface area contributed by atoms with Gasteiger partial charge in [-0.25, -0.2) is 9.18 Å². The number of urea groups is 1. The fourth-order valence-electron chi connectivity index (χ4n) is 2.24. The van der Waals surface area contributed by atoms with E-state index in [-0.39, 0.29) is 17.9 Å². The Morgan fingerprint density at radius 1 is 1.29 bits per heavy atom. The van der Waals surface area contributed by atoms with Gasteiger partial charge in [-0.1, -0.05) is 24.3 Å². The van der Waals surface area contributed by atoms with Crippen LogP contribution >= 0.6 is 11.3 Å². The lowest BCUT2D eigenvalue weighted by atomic mass is 10.2. The molecular weight excluding hydrogens is 287 g/mol. The summed E-state index contributed by atoms with van der Waals surface area (Å²) < 4.78 is 13.7. The molecule has 1 heterocycles. The molecule has 1 aliphatic rings. The van der Waals surface area contributed by atoms with E-state index in [0.717, 1.165) is 17.7 Å². The minimum Gasteiger partial charge on any atom is -0.333 e. The zero-order valence-electron chi connectivity index (χ0n) is 11.6. The Labute approximate surface area is 127 Å². The normalized spacial score (nSPS) is 14.0. The van der Waals surface area contributed by atoms with Crippen LogP contribution in [-0.4, -0.2) is 17.0 Å². The van der Waals surface area contributed by atoms with Gasteiger partial charge >= 0.3 is 6.03 Å². The van der Waals surface area contributed by atoms with Crippen LogP contribution in [0.1, 0.15) is 23.3 Å². The van der Waals surface area contributed by atoms with Gasteiger partial charge in [0.15, 0.2) is 0 Å². The maximum atomic E-state index is 13.7. The predicted octanol–water partition coefficient (Wildman–Crippen LogP) is 3.76. The minimum absolute atomic E-state index is 0.117. The lowest BCUT2D eigenvalue weighted by Gasteiger charge is -2.23. The quantitative estimate of drug-likeness (QED) is 0.896. The van der Waals surface area contributed by atoms with Crippen molar-refractivity contribution >= 4 is 17.4 Å². The molecule has 2 aromatic rings. The second kappa shape index (κ2) is 6.26. The maximum Gasteiger partial charge on any atom is 0.318 e. The first-order valence-electron chi connectivity index (χ1n) is 7.04. The number of amides is 2. The van der Waals surface area contributed by atoms with Gasteiger partial charge in [-0.3, -0.25) is 0 Å². The van der Waals surface area contributed by atoms with Crippen LogP contribution < -0.4 is 5.32 Å². The first-order chi connectivity index (χ1) is 10.2. The maximum absolute atomic E-state index is 13.7. The SMILES string of the molecule is O=C(NCc1cccs1)N(Cc1ccccc1F)C1CC1. The highest BCUT2D eigenvalue weighted by molar-refractivity contribution is 7.09. The third-order valence-corrected chi connectivity index (χ3v) is 4.42. The number of hydrogen-bond acceptors (Lipinski definition) is 2. The standard InChI is InChI=1S/C16H17FN2OS/c17-15-6-2-1-4-12(15)11-19(13-7-8-13)16(20)18-10-14-5-3-9-21-14/h1-6,9,13H,7-8,10-11H2,(H,18,20). The van der Waals surface area contributed by atoms with E-state index in [1.165, 1.54) is 6.07 Å². The summed E-state index contributed by atoms with van der Waals surface area (Å²) in [4.78, 5) is 15.2. The molecule has 0 atom stereocenters. The Balaban J connectivity index is 1.64. The van der Waals surface area contributed by atoms with Gasteiger partial charge in [-0.2, -0.15) is 0 Å². The zero-order chi connectivity index (χ0) is 14.7. The van der Waals surface area contributed by atoms with Crippen LogP contribution in [0.25, 0.3) is 0 Å². The van der Waals surface area contributed by atoms with Gasteiger partial charge in [0, 0.05) is 16.5 Å². The summed E-state index contributed by atoms with van der Waals surface area (Å²) in [7, 11) is 0. The van der Waals surface area contributed by atoms with E-state index < -0.39 is 0 Å². The summed E-state index contributed by atoms with van der Waals surface area (Å²) in [6.07, 6.45) is 2.00. The van der Waals surface area contributed by atoms with Crippen LogP contribution in [0.5, 0.6) is 0 Å². The van der Waals surface area contributed by atoms with Crippen molar-refractivity contribution in [1.82, 2.24) is 10.2 Å². The number of nitrogens with one attached hydrogen (secondary N) is 1. The molecule has 0 aliphatic heterocycles. The molecule has 1 aromatic heterocycles. The van der Waals surface area contributed by atoms with Crippen LogP contribution in [0.2, 0.25) is 0 Å². The fourth-order valence-corrected chi connectivity index (χ4v) is 2.89. The van der Waals surface area contributed by atoms with E-state index in [1.54, 1.807) is 34.4 Å². The molecule has 0 saturated heterocycles. The van der Waals surface area contributed by atoms with Gasteiger partial charge in [0.2, 0.25) is 0 Å². The monoisotopic (exact) mass is 304 g/mol. The highest BCUT2D eigenvalue weighted by atomic mass is 32.1. The zero-order valence-corrected chi connectivity index (χ0v) is 12.4. The van der Waals surface area contributed by atoms with Crippen LogP contribution in [-0.2, 0) is 13.1 Å². The molecule has 2 amide bonds. The molecule has 1 N–H and O–H groups in total. The second-order valence-electron chi connectivity index (χ2n) is 5.19. The third-order valence-electron chi connectivity index (χ3n) is 3.54. The van der Waals surface area contributed by atoms with Crippen LogP contribution in [0.15, 0.2) is 41.8 Å². The number of benzene rings is 1. The summed E-state index contributed by atoms with van der Waals surface area (Å²) >= 11 is 1.61. The van der Waals surface area contributed by atoms with Crippen LogP contribution in [0.3, 0.4) is 0 Å². The highest BCUT2D eigenvalue weighted by Gasteiger charge is 2.32. The molecule has 1 fully saturated rings. The van der Waals surface area contributed by atoms with Crippen molar-refractivity contribution in [1.29, 1.82) is 0 Å². The molecular formula is C16H17FN2OS. The fraction of sp³-hybridized carbons (Fsp3) is 0.312. The van der Waals surface area contributed by atoms with Crippen molar-refractivity contribution in [2.24, 2.45) is 0 Å². The average Bonchev–Trinajstić information content (AvgIpc) is 3.19. The molecule has 1 saturated carbocycles. The van der Waals surface area contributed by atoms with Crippen molar-refractivity contribution in [2.75, 3.05) is 0 Å². The molecule has 0 unspecified atom stereocenters. The average molecular weight is 304 g/mol. The molecule has 110 valence electrons. The van der Waals surface area contributed by atoms with Gasteiger partial charge in [0.1, 0.15) is 5.82 Å². The summed E-state index contributed by atoms with van der Waals surface area (Å²) in [6, 6.07) is 10.7. The van der Waals surface area contributed by atoms with Crippen molar-refractivity contribution in [3.63, 3.8) is 0 Å². The van der Waals surface area contributed by atoms with Gasteiger partial charge in [0.25, 0.3) is 0 Å². The molecule has 0 radical (unpaired) electrons. The Bertz CT molecular complexity index is 610. The molecule has 1 aromatic carbocycles. The number of halogens is 1. The van der Waals surface area contributed by atoms with Crippen LogP contribution in [0.4, 0.5) is 9.18 Å². The summed E-state index contributed by atoms with van der Waals surface area (Å²) in [6.45, 7) is 0.852. The van der Waals surface area contributed by atoms with Crippen molar-refractivity contribution < 1.29 is 9.18 Å². The van der Waals surface area contributed by atoms with E-state index in [1.807, 2.05) is 17.5 Å². The number of thiophene rings is 1. The van der Waals surface area contributed by atoms with Gasteiger partial charge in [-0.05, 0) is 30.4 Å². The lowest BCUT2D eigenvalue weighted by Crippen LogP contribution is -2.40. The van der Waals surface area contributed by atoms with E-state index in [4.69, 9.17) is 0 Å². The Kier molecular flexibility index (Phi) is 4.20. The number of hydrogen-bond donors (Lipinski definition) is 1. The molecule has 3 rings (SSSR count).